The quantitative estimate of drug-likeness (QED) is 0.743. The van der Waals surface area contributed by atoms with Crippen LogP contribution in [0.1, 0.15) is 30.3 Å². The first-order valence-corrected chi connectivity index (χ1v) is 7.37. The highest BCUT2D eigenvalue weighted by atomic mass is 16.5. The normalized spacial score (nSPS) is 18.0. The van der Waals surface area contributed by atoms with Crippen molar-refractivity contribution in [2.45, 2.75) is 25.9 Å². The number of aromatic nitrogens is 4. The van der Waals surface area contributed by atoms with Gasteiger partial charge in [0, 0.05) is 18.4 Å². The molecule has 1 aliphatic rings. The van der Waals surface area contributed by atoms with E-state index in [0.29, 0.717) is 11.7 Å². The lowest BCUT2D eigenvalue weighted by molar-refractivity contribution is 0.103. The van der Waals surface area contributed by atoms with Gasteiger partial charge in [0.25, 0.3) is 5.89 Å². The minimum Gasteiger partial charge on any atom is -0.370 e. The molecule has 22 heavy (non-hydrogen) atoms. The molecule has 0 saturated carbocycles. The number of benzene rings is 1. The second-order valence-corrected chi connectivity index (χ2v) is 5.47. The molecule has 0 radical (unpaired) electrons. The molecule has 3 heterocycles. The van der Waals surface area contributed by atoms with Crippen molar-refractivity contribution < 1.29 is 9.26 Å². The summed E-state index contributed by atoms with van der Waals surface area (Å²) < 4.78 is 12.8. The van der Waals surface area contributed by atoms with Crippen LogP contribution in [0, 0.1) is 6.92 Å². The zero-order valence-corrected chi connectivity index (χ0v) is 12.3. The third kappa shape index (κ3) is 2.42. The standard InChI is InChI=1S/C16H16N4O2/c1-11-9-17-20(10-11)13-6-4-12(5-7-13)16-18-15(19-22-16)14-3-2-8-21-14/h4-7,9-10,14H,2-3,8H2,1H3. The Kier molecular flexibility index (Phi) is 3.23. The van der Waals surface area contributed by atoms with Crippen LogP contribution in [0.5, 0.6) is 0 Å². The largest absolute Gasteiger partial charge is 0.370 e. The van der Waals surface area contributed by atoms with Crippen molar-refractivity contribution in [3.63, 3.8) is 0 Å². The second-order valence-electron chi connectivity index (χ2n) is 5.47. The van der Waals surface area contributed by atoms with Crippen LogP contribution in [0.2, 0.25) is 0 Å². The molecular weight excluding hydrogens is 280 g/mol. The topological polar surface area (TPSA) is 66.0 Å². The molecule has 1 saturated heterocycles. The van der Waals surface area contributed by atoms with Crippen LogP contribution in [0.4, 0.5) is 0 Å². The summed E-state index contributed by atoms with van der Waals surface area (Å²) in [6, 6.07) is 7.88. The fourth-order valence-electron chi connectivity index (χ4n) is 2.57. The van der Waals surface area contributed by atoms with Crippen molar-refractivity contribution in [1.82, 2.24) is 19.9 Å². The lowest BCUT2D eigenvalue weighted by Gasteiger charge is -2.02. The van der Waals surface area contributed by atoms with Gasteiger partial charge in [0.2, 0.25) is 5.82 Å². The monoisotopic (exact) mass is 296 g/mol. The van der Waals surface area contributed by atoms with Crippen molar-refractivity contribution in [3.8, 4) is 17.1 Å². The first-order valence-electron chi connectivity index (χ1n) is 7.37. The SMILES string of the molecule is Cc1cnn(-c2ccc(-c3nc(C4CCCO4)no3)cc2)c1. The third-order valence-corrected chi connectivity index (χ3v) is 3.75. The molecule has 1 unspecified atom stereocenters. The third-order valence-electron chi connectivity index (χ3n) is 3.75. The molecule has 0 amide bonds. The molecule has 1 aliphatic heterocycles. The maximum Gasteiger partial charge on any atom is 0.258 e. The van der Waals surface area contributed by atoms with Crippen molar-refractivity contribution >= 4 is 0 Å². The van der Waals surface area contributed by atoms with Crippen molar-refractivity contribution in [2.24, 2.45) is 0 Å². The van der Waals surface area contributed by atoms with Gasteiger partial charge in [-0.1, -0.05) is 5.16 Å². The van der Waals surface area contributed by atoms with Gasteiger partial charge in [-0.2, -0.15) is 10.1 Å². The van der Waals surface area contributed by atoms with Gasteiger partial charge in [0.1, 0.15) is 6.10 Å². The van der Waals surface area contributed by atoms with Crippen LogP contribution in [0.15, 0.2) is 41.2 Å². The predicted molar refractivity (Wildman–Crippen MR) is 79.5 cm³/mol. The molecule has 0 bridgehead atoms. The van der Waals surface area contributed by atoms with Gasteiger partial charge in [0.15, 0.2) is 0 Å². The summed E-state index contributed by atoms with van der Waals surface area (Å²) in [5.74, 6) is 1.16. The van der Waals surface area contributed by atoms with Crippen LogP contribution >= 0.6 is 0 Å². The zero-order valence-electron chi connectivity index (χ0n) is 12.3. The highest BCUT2D eigenvalue weighted by Gasteiger charge is 2.23. The molecule has 0 aliphatic carbocycles. The van der Waals surface area contributed by atoms with E-state index in [1.807, 2.05) is 48.3 Å². The molecule has 112 valence electrons. The number of nitrogens with zero attached hydrogens (tertiary/aromatic N) is 4. The van der Waals surface area contributed by atoms with E-state index in [1.165, 1.54) is 0 Å². The number of ether oxygens (including phenoxy) is 1. The maximum absolute atomic E-state index is 5.57. The molecule has 3 aromatic rings. The van der Waals surface area contributed by atoms with Gasteiger partial charge in [-0.3, -0.25) is 0 Å². The van der Waals surface area contributed by atoms with Crippen molar-refractivity contribution in [3.05, 3.63) is 48.0 Å². The summed E-state index contributed by atoms with van der Waals surface area (Å²) in [7, 11) is 0. The molecule has 2 aromatic heterocycles. The molecule has 1 fully saturated rings. The number of hydrogen-bond acceptors (Lipinski definition) is 5. The van der Waals surface area contributed by atoms with Gasteiger partial charge < -0.3 is 9.26 Å². The smallest absolute Gasteiger partial charge is 0.258 e. The van der Waals surface area contributed by atoms with Gasteiger partial charge in [-0.05, 0) is 49.6 Å². The van der Waals surface area contributed by atoms with Crippen LogP contribution < -0.4 is 0 Å². The molecule has 4 rings (SSSR count). The van der Waals surface area contributed by atoms with E-state index < -0.39 is 0 Å². The van der Waals surface area contributed by atoms with Crippen LogP contribution in [-0.2, 0) is 4.74 Å². The Morgan fingerprint density at radius 2 is 2.09 bits per heavy atom. The highest BCUT2D eigenvalue weighted by molar-refractivity contribution is 5.55. The molecule has 0 spiro atoms. The van der Waals surface area contributed by atoms with Crippen molar-refractivity contribution in [1.29, 1.82) is 0 Å². The molecule has 6 nitrogen and oxygen atoms in total. The molecular formula is C16H16N4O2. The van der Waals surface area contributed by atoms with E-state index in [2.05, 4.69) is 15.2 Å². The van der Waals surface area contributed by atoms with Gasteiger partial charge >= 0.3 is 0 Å². The summed E-state index contributed by atoms with van der Waals surface area (Å²) in [6.07, 6.45) is 5.80. The lowest BCUT2D eigenvalue weighted by atomic mass is 10.2. The minimum absolute atomic E-state index is 0.0242. The van der Waals surface area contributed by atoms with E-state index in [1.54, 1.807) is 0 Å². The maximum atomic E-state index is 5.57. The first kappa shape index (κ1) is 13.2. The Morgan fingerprint density at radius 1 is 1.23 bits per heavy atom. The fourth-order valence-corrected chi connectivity index (χ4v) is 2.57. The zero-order chi connectivity index (χ0) is 14.9. The molecule has 0 N–H and O–H groups in total. The van der Waals surface area contributed by atoms with Crippen LogP contribution in [0.25, 0.3) is 17.1 Å². The number of rotatable bonds is 3. The Hall–Kier alpha value is -2.47. The van der Waals surface area contributed by atoms with Gasteiger partial charge in [-0.15, -0.1) is 0 Å². The fraction of sp³-hybridized carbons (Fsp3) is 0.312. The first-order chi connectivity index (χ1) is 10.8. The second kappa shape index (κ2) is 5.38. The van der Waals surface area contributed by atoms with Crippen LogP contribution in [-0.4, -0.2) is 26.5 Å². The Labute approximate surface area is 127 Å². The van der Waals surface area contributed by atoms with Crippen LogP contribution in [0.3, 0.4) is 0 Å². The Morgan fingerprint density at radius 3 is 2.77 bits per heavy atom. The van der Waals surface area contributed by atoms with E-state index in [-0.39, 0.29) is 6.10 Å². The molecule has 1 atom stereocenters. The molecule has 1 aromatic carbocycles. The summed E-state index contributed by atoms with van der Waals surface area (Å²) >= 11 is 0. The Balaban J connectivity index is 1.58. The van der Waals surface area contributed by atoms with E-state index >= 15 is 0 Å². The summed E-state index contributed by atoms with van der Waals surface area (Å²) in [5.41, 5.74) is 3.02. The lowest BCUT2D eigenvalue weighted by Crippen LogP contribution is -1.97. The van der Waals surface area contributed by atoms with Crippen molar-refractivity contribution in [2.75, 3.05) is 6.61 Å². The van der Waals surface area contributed by atoms with Gasteiger partial charge in [-0.25, -0.2) is 4.68 Å². The summed E-state index contributed by atoms with van der Waals surface area (Å²) in [5, 5.41) is 8.32. The Bertz CT molecular complexity index is 770. The predicted octanol–water partition coefficient (Wildman–Crippen LogP) is 3.08. The molecule has 6 heteroatoms. The number of aryl methyl sites for hydroxylation is 1. The average Bonchev–Trinajstić information content (AvgIpc) is 3.28. The van der Waals surface area contributed by atoms with E-state index in [4.69, 9.17) is 9.26 Å². The highest BCUT2D eigenvalue weighted by Crippen LogP contribution is 2.28. The minimum atomic E-state index is -0.0242. The van der Waals surface area contributed by atoms with E-state index in [0.717, 1.165) is 36.3 Å². The average molecular weight is 296 g/mol. The summed E-state index contributed by atoms with van der Waals surface area (Å²) in [4.78, 5) is 4.44. The summed E-state index contributed by atoms with van der Waals surface area (Å²) in [6.45, 7) is 2.79. The van der Waals surface area contributed by atoms with E-state index in [9.17, 15) is 0 Å². The van der Waals surface area contributed by atoms with Gasteiger partial charge in [0.05, 0.1) is 11.9 Å². The number of hydrogen-bond donors (Lipinski definition) is 0.